The summed E-state index contributed by atoms with van der Waals surface area (Å²) in [7, 11) is 0. The lowest BCUT2D eigenvalue weighted by atomic mass is 9.80. The maximum Gasteiger partial charge on any atom is 0.310 e. The predicted molar refractivity (Wildman–Crippen MR) is 84.1 cm³/mol. The summed E-state index contributed by atoms with van der Waals surface area (Å²) < 4.78 is 10.4. The quantitative estimate of drug-likeness (QED) is 0.841. The molecule has 0 aromatic heterocycles. The zero-order valence-corrected chi connectivity index (χ0v) is 13.5. The zero-order valence-electron chi connectivity index (χ0n) is 12.7. The molecule has 1 amide bonds. The number of rotatable bonds is 4. The molecule has 2 aliphatic carbocycles. The van der Waals surface area contributed by atoms with Gasteiger partial charge in [0.2, 0.25) is 0 Å². The van der Waals surface area contributed by atoms with E-state index in [1.165, 1.54) is 0 Å². The van der Waals surface area contributed by atoms with Gasteiger partial charge in [0.25, 0.3) is 5.91 Å². The van der Waals surface area contributed by atoms with Crippen LogP contribution in [0.3, 0.4) is 0 Å². The summed E-state index contributed by atoms with van der Waals surface area (Å²) in [5, 5.41) is 3.11. The van der Waals surface area contributed by atoms with Crippen molar-refractivity contribution in [2.45, 2.75) is 18.9 Å². The highest BCUT2D eigenvalue weighted by Gasteiger charge is 2.64. The molecular weight excluding hydrogens is 334 g/mol. The average molecular weight is 350 g/mol. The number of carbonyl (C=O) groups is 3. The van der Waals surface area contributed by atoms with E-state index < -0.39 is 23.7 Å². The second kappa shape index (κ2) is 5.77. The molecule has 0 unspecified atom stereocenters. The molecule has 6 nitrogen and oxygen atoms in total. The standard InChI is InChI=1S/C17H16ClNO5/c18-9-2-1-3-10(6-9)19-13(20)7-23-16(21)14-8-4-11-12(5-8)24-17(22)15(11)14/h1-3,6,8,11-12,14-15H,4-5,7H2,(H,19,20)/t8-,11-,12+,14-,15-/m0/s1. The first-order chi connectivity index (χ1) is 11.5. The van der Waals surface area contributed by atoms with Crippen LogP contribution in [0.1, 0.15) is 12.8 Å². The van der Waals surface area contributed by atoms with Crippen molar-refractivity contribution in [3.8, 4) is 0 Å². The van der Waals surface area contributed by atoms with Crippen LogP contribution in [0, 0.1) is 23.7 Å². The summed E-state index contributed by atoms with van der Waals surface area (Å²) in [6.45, 7) is -0.384. The number of carbonyl (C=O) groups excluding carboxylic acids is 3. The van der Waals surface area contributed by atoms with Gasteiger partial charge in [0, 0.05) is 16.6 Å². The molecule has 5 atom stereocenters. The second-order valence-corrected chi connectivity index (χ2v) is 7.02. The molecule has 1 N–H and O–H groups in total. The molecule has 126 valence electrons. The monoisotopic (exact) mass is 349 g/mol. The maximum atomic E-state index is 12.3. The molecule has 3 aliphatic rings. The summed E-state index contributed by atoms with van der Waals surface area (Å²) in [5.74, 6) is -1.82. The zero-order chi connectivity index (χ0) is 16.8. The van der Waals surface area contributed by atoms with E-state index in [0.29, 0.717) is 10.7 Å². The molecule has 7 heteroatoms. The average Bonchev–Trinajstić information content (AvgIpc) is 3.14. The van der Waals surface area contributed by atoms with Gasteiger partial charge in [-0.3, -0.25) is 14.4 Å². The molecule has 1 aromatic carbocycles. The number of halogens is 1. The predicted octanol–water partition coefficient (Wildman–Crippen LogP) is 2.02. The maximum absolute atomic E-state index is 12.3. The Morgan fingerprint density at radius 1 is 1.33 bits per heavy atom. The lowest BCUT2D eigenvalue weighted by Gasteiger charge is -2.22. The molecule has 3 fully saturated rings. The summed E-state index contributed by atoms with van der Waals surface area (Å²) >= 11 is 5.85. The molecule has 1 aliphatic heterocycles. The van der Waals surface area contributed by atoms with Crippen molar-refractivity contribution in [2.24, 2.45) is 23.7 Å². The lowest BCUT2D eigenvalue weighted by molar-refractivity contribution is -0.157. The van der Waals surface area contributed by atoms with E-state index in [4.69, 9.17) is 21.1 Å². The molecule has 24 heavy (non-hydrogen) atoms. The third kappa shape index (κ3) is 2.55. The summed E-state index contributed by atoms with van der Waals surface area (Å²) in [6.07, 6.45) is 1.53. The lowest BCUT2D eigenvalue weighted by Crippen LogP contribution is -2.34. The van der Waals surface area contributed by atoms with Crippen molar-refractivity contribution < 1.29 is 23.9 Å². The molecular formula is C17H16ClNO5. The number of amides is 1. The van der Waals surface area contributed by atoms with Gasteiger partial charge < -0.3 is 14.8 Å². The Bertz CT molecular complexity index is 719. The van der Waals surface area contributed by atoms with Crippen LogP contribution in [0.25, 0.3) is 0 Å². The van der Waals surface area contributed by atoms with E-state index in [1.54, 1.807) is 24.3 Å². The van der Waals surface area contributed by atoms with Crippen LogP contribution in [0.2, 0.25) is 5.02 Å². The van der Waals surface area contributed by atoms with E-state index in [2.05, 4.69) is 5.32 Å². The molecule has 0 spiro atoms. The van der Waals surface area contributed by atoms with Gasteiger partial charge in [-0.2, -0.15) is 0 Å². The second-order valence-electron chi connectivity index (χ2n) is 6.59. The molecule has 1 heterocycles. The van der Waals surface area contributed by atoms with Gasteiger partial charge >= 0.3 is 11.9 Å². The van der Waals surface area contributed by atoms with E-state index in [-0.39, 0.29) is 30.5 Å². The minimum atomic E-state index is -0.481. The summed E-state index contributed by atoms with van der Waals surface area (Å²) in [4.78, 5) is 36.1. The largest absolute Gasteiger partial charge is 0.462 e. The minimum absolute atomic E-state index is 0.0253. The van der Waals surface area contributed by atoms with E-state index in [0.717, 1.165) is 12.8 Å². The highest BCUT2D eigenvalue weighted by molar-refractivity contribution is 6.30. The third-order valence-corrected chi connectivity index (χ3v) is 5.44. The Morgan fingerprint density at radius 2 is 2.17 bits per heavy atom. The van der Waals surface area contributed by atoms with Crippen molar-refractivity contribution in [1.82, 2.24) is 0 Å². The number of anilines is 1. The van der Waals surface area contributed by atoms with Crippen LogP contribution in [-0.4, -0.2) is 30.6 Å². The van der Waals surface area contributed by atoms with Gasteiger partial charge in [-0.1, -0.05) is 17.7 Å². The van der Waals surface area contributed by atoms with E-state index in [9.17, 15) is 14.4 Å². The van der Waals surface area contributed by atoms with Gasteiger partial charge in [-0.05, 0) is 37.0 Å². The topological polar surface area (TPSA) is 81.7 Å². The van der Waals surface area contributed by atoms with Crippen molar-refractivity contribution in [3.05, 3.63) is 29.3 Å². The third-order valence-electron chi connectivity index (χ3n) is 5.21. The van der Waals surface area contributed by atoms with Gasteiger partial charge in [-0.15, -0.1) is 0 Å². The summed E-state index contributed by atoms with van der Waals surface area (Å²) in [5.41, 5.74) is 0.533. The minimum Gasteiger partial charge on any atom is -0.462 e. The smallest absolute Gasteiger partial charge is 0.310 e. The van der Waals surface area contributed by atoms with E-state index in [1.807, 2.05) is 0 Å². The first-order valence-electron chi connectivity index (χ1n) is 7.95. The van der Waals surface area contributed by atoms with Crippen molar-refractivity contribution in [1.29, 1.82) is 0 Å². The number of nitrogens with one attached hydrogen (secondary N) is 1. The Balaban J connectivity index is 1.34. The highest BCUT2D eigenvalue weighted by Crippen LogP contribution is 2.57. The number of fused-ring (bicyclic) bond motifs is 1. The van der Waals surface area contributed by atoms with Gasteiger partial charge in [0.05, 0.1) is 11.8 Å². The Labute approximate surface area is 143 Å². The Morgan fingerprint density at radius 3 is 2.96 bits per heavy atom. The van der Waals surface area contributed by atoms with Crippen molar-refractivity contribution in [2.75, 3.05) is 11.9 Å². The number of ether oxygens (including phenoxy) is 2. The van der Waals surface area contributed by atoms with Gasteiger partial charge in [-0.25, -0.2) is 0 Å². The normalized spacial score (nSPS) is 32.5. The number of benzene rings is 1. The van der Waals surface area contributed by atoms with Crippen LogP contribution in [0.5, 0.6) is 0 Å². The molecule has 4 rings (SSSR count). The highest BCUT2D eigenvalue weighted by atomic mass is 35.5. The first-order valence-corrected chi connectivity index (χ1v) is 8.33. The molecule has 0 radical (unpaired) electrons. The van der Waals surface area contributed by atoms with Crippen LogP contribution in [-0.2, 0) is 23.9 Å². The molecule has 1 saturated heterocycles. The fourth-order valence-electron chi connectivity index (χ4n) is 4.32. The van der Waals surface area contributed by atoms with Crippen molar-refractivity contribution in [3.63, 3.8) is 0 Å². The number of hydrogen-bond donors (Lipinski definition) is 1. The summed E-state index contributed by atoms with van der Waals surface area (Å²) in [6, 6.07) is 6.70. The van der Waals surface area contributed by atoms with Crippen LogP contribution < -0.4 is 5.32 Å². The number of esters is 2. The number of hydrogen-bond acceptors (Lipinski definition) is 5. The van der Waals surface area contributed by atoms with Crippen LogP contribution in [0.4, 0.5) is 5.69 Å². The van der Waals surface area contributed by atoms with E-state index >= 15 is 0 Å². The fraction of sp³-hybridized carbons (Fsp3) is 0.471. The van der Waals surface area contributed by atoms with Crippen LogP contribution in [0.15, 0.2) is 24.3 Å². The fourth-order valence-corrected chi connectivity index (χ4v) is 4.51. The Kier molecular flexibility index (Phi) is 3.72. The van der Waals surface area contributed by atoms with Crippen LogP contribution >= 0.6 is 11.6 Å². The molecule has 1 aromatic rings. The first kappa shape index (κ1) is 15.4. The Hall–Kier alpha value is -2.08. The van der Waals surface area contributed by atoms with Gasteiger partial charge in [0.15, 0.2) is 6.61 Å². The van der Waals surface area contributed by atoms with Crippen molar-refractivity contribution >= 4 is 35.1 Å². The SMILES string of the molecule is O=C(COC(=O)[C@H]1[C@H]2C[C@@H]3[C@@H]1C(=O)O[C@@H]3C2)Nc1cccc(Cl)c1. The molecule has 2 bridgehead atoms. The molecule has 2 saturated carbocycles. The van der Waals surface area contributed by atoms with Gasteiger partial charge in [0.1, 0.15) is 6.10 Å².